The van der Waals surface area contributed by atoms with Crippen molar-refractivity contribution in [2.75, 3.05) is 38.3 Å². The molecule has 2 amide bonds. The Morgan fingerprint density at radius 2 is 2.00 bits per heavy atom. The van der Waals surface area contributed by atoms with E-state index in [1.807, 2.05) is 6.92 Å². The first kappa shape index (κ1) is 21.7. The molecule has 1 saturated carbocycles. The second-order valence-electron chi connectivity index (χ2n) is 7.76. The first-order chi connectivity index (χ1) is 14.1. The number of anilines is 1. The summed E-state index contributed by atoms with van der Waals surface area (Å²) in [7, 11) is 0. The molecule has 1 aliphatic carbocycles. The maximum atomic E-state index is 12.4. The van der Waals surface area contributed by atoms with Crippen LogP contribution in [0.3, 0.4) is 0 Å². The van der Waals surface area contributed by atoms with Crippen molar-refractivity contribution in [1.29, 1.82) is 0 Å². The Labute approximate surface area is 172 Å². The van der Waals surface area contributed by atoms with Crippen molar-refractivity contribution >= 4 is 17.5 Å². The van der Waals surface area contributed by atoms with E-state index in [0.717, 1.165) is 31.4 Å². The number of hydrogen-bond acceptors (Lipinski definition) is 5. The normalized spacial score (nSPS) is 21.8. The van der Waals surface area contributed by atoms with Gasteiger partial charge in [-0.2, -0.15) is 0 Å². The van der Waals surface area contributed by atoms with Gasteiger partial charge in [-0.05, 0) is 37.5 Å². The summed E-state index contributed by atoms with van der Waals surface area (Å²) in [6, 6.07) is 6.73. The van der Waals surface area contributed by atoms with Crippen LogP contribution in [0, 0.1) is 5.92 Å². The van der Waals surface area contributed by atoms with Crippen LogP contribution in [-0.2, 0) is 19.1 Å². The van der Waals surface area contributed by atoms with E-state index in [4.69, 9.17) is 9.47 Å². The Bertz CT molecular complexity index is 672. The van der Waals surface area contributed by atoms with Gasteiger partial charge in [-0.3, -0.25) is 9.59 Å². The lowest BCUT2D eigenvalue weighted by molar-refractivity contribution is -0.155. The average Bonchev–Trinajstić information content (AvgIpc) is 2.75. The summed E-state index contributed by atoms with van der Waals surface area (Å²) < 4.78 is 10.7. The number of nitrogens with one attached hydrogen (secondary N) is 1. The monoisotopic (exact) mass is 404 g/mol. The molecule has 2 N–H and O–H groups in total. The average molecular weight is 405 g/mol. The number of aliphatic hydroxyl groups excluding tert-OH is 1. The predicted molar refractivity (Wildman–Crippen MR) is 109 cm³/mol. The van der Waals surface area contributed by atoms with Crippen LogP contribution in [0.5, 0.6) is 0 Å². The lowest BCUT2D eigenvalue weighted by atomic mass is 9.88. The minimum absolute atomic E-state index is 0.0292. The molecule has 0 bridgehead atoms. The minimum atomic E-state index is -0.871. The van der Waals surface area contributed by atoms with Gasteiger partial charge in [0.1, 0.15) is 12.7 Å². The van der Waals surface area contributed by atoms with Crippen LogP contribution in [-0.4, -0.2) is 60.8 Å². The zero-order valence-corrected chi connectivity index (χ0v) is 17.1. The fraction of sp³-hybridized carbons (Fsp3) is 0.636. The molecule has 0 unspecified atom stereocenters. The second kappa shape index (κ2) is 10.7. The van der Waals surface area contributed by atoms with Gasteiger partial charge in [-0.1, -0.05) is 31.4 Å². The molecule has 1 aliphatic heterocycles. The highest BCUT2D eigenvalue weighted by atomic mass is 16.5. The predicted octanol–water partition coefficient (Wildman–Crippen LogP) is 2.50. The number of carbonyl (C=O) groups excluding carboxylic acids is 2. The Morgan fingerprint density at radius 3 is 2.69 bits per heavy atom. The van der Waals surface area contributed by atoms with Crippen LogP contribution in [0.25, 0.3) is 0 Å². The van der Waals surface area contributed by atoms with Crippen molar-refractivity contribution < 1.29 is 24.2 Å². The Kier molecular flexibility index (Phi) is 8.03. The summed E-state index contributed by atoms with van der Waals surface area (Å²) in [5.74, 6) is 0.0288. The van der Waals surface area contributed by atoms with E-state index in [9.17, 15) is 14.7 Å². The van der Waals surface area contributed by atoms with Crippen molar-refractivity contribution in [3.8, 4) is 0 Å². The maximum absolute atomic E-state index is 12.4. The molecule has 7 nitrogen and oxygen atoms in total. The molecule has 1 aromatic rings. The van der Waals surface area contributed by atoms with Crippen molar-refractivity contribution in [2.24, 2.45) is 5.92 Å². The number of amides is 2. The molecule has 0 aromatic heterocycles. The van der Waals surface area contributed by atoms with Gasteiger partial charge < -0.3 is 24.8 Å². The Morgan fingerprint density at radius 1 is 1.28 bits per heavy atom. The number of nitrogens with zero attached hydrogens (tertiary/aromatic N) is 1. The quantitative estimate of drug-likeness (QED) is 0.650. The van der Waals surface area contributed by atoms with Crippen molar-refractivity contribution in [2.45, 2.75) is 51.2 Å². The van der Waals surface area contributed by atoms with Gasteiger partial charge in [0.2, 0.25) is 11.8 Å². The largest absolute Gasteiger partial charge is 0.386 e. The van der Waals surface area contributed by atoms with Crippen molar-refractivity contribution in [3.63, 3.8) is 0 Å². The molecule has 2 aliphatic rings. The Hall–Kier alpha value is -1.96. The van der Waals surface area contributed by atoms with Gasteiger partial charge >= 0.3 is 0 Å². The lowest BCUT2D eigenvalue weighted by Gasteiger charge is -2.38. The van der Waals surface area contributed by atoms with Crippen molar-refractivity contribution in [1.82, 2.24) is 4.90 Å². The molecule has 7 heteroatoms. The fourth-order valence-corrected chi connectivity index (χ4v) is 4.08. The molecular formula is C22H32N2O5. The zero-order chi connectivity index (χ0) is 20.6. The van der Waals surface area contributed by atoms with Crippen LogP contribution in [0.4, 0.5) is 5.69 Å². The molecule has 0 spiro atoms. The van der Waals surface area contributed by atoms with E-state index < -0.39 is 12.1 Å². The standard InChI is InChI=1S/C22H32N2O5/c1-2-28-13-12-24-19(14-29-15-20(24)25)21(26)16-8-10-18(11-9-16)23-22(27)17-6-4-3-5-7-17/h8-11,17,19,21,26H,2-7,12-15H2,1H3,(H,23,27)/t19-,21-/m1/s1. The lowest BCUT2D eigenvalue weighted by Crippen LogP contribution is -2.53. The highest BCUT2D eigenvalue weighted by Crippen LogP contribution is 2.27. The smallest absolute Gasteiger partial charge is 0.249 e. The molecule has 2 fully saturated rings. The van der Waals surface area contributed by atoms with Gasteiger partial charge in [-0.25, -0.2) is 0 Å². The number of morpholine rings is 1. The molecule has 1 saturated heterocycles. The molecule has 160 valence electrons. The summed E-state index contributed by atoms with van der Waals surface area (Å²) in [5, 5.41) is 13.8. The van der Waals surface area contributed by atoms with Gasteiger partial charge in [-0.15, -0.1) is 0 Å². The SMILES string of the molecule is CCOCCN1C(=O)COC[C@@H]1[C@H](O)c1ccc(NC(=O)C2CCCCC2)cc1. The number of ether oxygens (including phenoxy) is 2. The summed E-state index contributed by atoms with van der Waals surface area (Å²) in [4.78, 5) is 26.3. The molecule has 0 radical (unpaired) electrons. The van der Waals surface area contributed by atoms with Crippen LogP contribution >= 0.6 is 0 Å². The van der Waals surface area contributed by atoms with Crippen LogP contribution < -0.4 is 5.32 Å². The van der Waals surface area contributed by atoms with Gasteiger partial charge in [0.05, 0.1) is 19.3 Å². The van der Waals surface area contributed by atoms with Gasteiger partial charge in [0.25, 0.3) is 0 Å². The van der Waals surface area contributed by atoms with E-state index >= 15 is 0 Å². The summed E-state index contributed by atoms with van der Waals surface area (Å²) in [6.45, 7) is 3.65. The number of hydrogen-bond donors (Lipinski definition) is 2. The second-order valence-corrected chi connectivity index (χ2v) is 7.76. The van der Waals surface area contributed by atoms with E-state index in [-0.39, 0.29) is 30.9 Å². The molecule has 2 atom stereocenters. The van der Waals surface area contributed by atoms with E-state index in [1.54, 1.807) is 29.2 Å². The van der Waals surface area contributed by atoms with E-state index in [1.165, 1.54) is 6.42 Å². The van der Waals surface area contributed by atoms with E-state index in [0.29, 0.717) is 25.3 Å². The third kappa shape index (κ3) is 5.78. The highest BCUT2D eigenvalue weighted by Gasteiger charge is 2.34. The van der Waals surface area contributed by atoms with Crippen molar-refractivity contribution in [3.05, 3.63) is 29.8 Å². The molecular weight excluding hydrogens is 372 g/mol. The zero-order valence-electron chi connectivity index (χ0n) is 17.1. The first-order valence-corrected chi connectivity index (χ1v) is 10.6. The maximum Gasteiger partial charge on any atom is 0.249 e. The van der Waals surface area contributed by atoms with Crippen LogP contribution in [0.1, 0.15) is 50.7 Å². The Balaban J connectivity index is 1.61. The summed E-state index contributed by atoms with van der Waals surface area (Å²) in [5.41, 5.74) is 1.41. The summed E-state index contributed by atoms with van der Waals surface area (Å²) in [6.07, 6.45) is 4.48. The molecule has 3 rings (SSSR count). The van der Waals surface area contributed by atoms with Crippen LogP contribution in [0.2, 0.25) is 0 Å². The number of carbonyl (C=O) groups is 2. The highest BCUT2D eigenvalue weighted by molar-refractivity contribution is 5.92. The topological polar surface area (TPSA) is 88.1 Å². The number of rotatable bonds is 8. The molecule has 1 aromatic carbocycles. The fourth-order valence-electron chi connectivity index (χ4n) is 4.08. The van der Waals surface area contributed by atoms with Gasteiger partial charge in [0.15, 0.2) is 0 Å². The van der Waals surface area contributed by atoms with Crippen LogP contribution in [0.15, 0.2) is 24.3 Å². The van der Waals surface area contributed by atoms with E-state index in [2.05, 4.69) is 5.32 Å². The minimum Gasteiger partial charge on any atom is -0.386 e. The third-order valence-corrected chi connectivity index (χ3v) is 5.78. The number of benzene rings is 1. The third-order valence-electron chi connectivity index (χ3n) is 5.78. The molecule has 29 heavy (non-hydrogen) atoms. The van der Waals surface area contributed by atoms with Gasteiger partial charge in [0, 0.05) is 24.8 Å². The number of aliphatic hydroxyl groups is 1. The first-order valence-electron chi connectivity index (χ1n) is 10.6. The summed E-state index contributed by atoms with van der Waals surface area (Å²) >= 11 is 0. The molecule has 1 heterocycles.